The van der Waals surface area contributed by atoms with Crippen molar-refractivity contribution >= 4 is 5.69 Å². The number of hydrogen-bond donors (Lipinski definition) is 1. The Hall–Kier alpha value is -1.23. The van der Waals surface area contributed by atoms with Gasteiger partial charge in [0.15, 0.2) is 0 Å². The first-order chi connectivity index (χ1) is 9.04. The van der Waals surface area contributed by atoms with Crippen molar-refractivity contribution in [2.24, 2.45) is 0 Å². The van der Waals surface area contributed by atoms with Crippen LogP contribution in [0.15, 0.2) is 12.1 Å². The highest BCUT2D eigenvalue weighted by Crippen LogP contribution is 2.36. The van der Waals surface area contributed by atoms with Gasteiger partial charge in [0, 0.05) is 38.3 Å². The Kier molecular flexibility index (Phi) is 3.17. The highest BCUT2D eigenvalue weighted by molar-refractivity contribution is 5.66. The summed E-state index contributed by atoms with van der Waals surface area (Å²) >= 11 is 0. The maximum Gasteiger partial charge on any atom is 0.389 e. The first-order valence-corrected chi connectivity index (χ1v) is 6.71. The number of benzene rings is 1. The minimum Gasteiger partial charge on any atom is -0.369 e. The van der Waals surface area contributed by atoms with E-state index in [2.05, 4.69) is 10.2 Å². The third kappa shape index (κ3) is 2.56. The van der Waals surface area contributed by atoms with E-state index in [9.17, 15) is 13.2 Å². The zero-order chi connectivity index (χ0) is 13.5. The van der Waals surface area contributed by atoms with Crippen molar-refractivity contribution in [3.8, 4) is 0 Å². The second kappa shape index (κ2) is 4.71. The molecule has 2 aliphatic rings. The minimum atomic E-state index is -4.07. The van der Waals surface area contributed by atoms with Crippen molar-refractivity contribution in [2.75, 3.05) is 24.5 Å². The number of nitrogens with one attached hydrogen (secondary N) is 1. The van der Waals surface area contributed by atoms with E-state index >= 15 is 0 Å². The van der Waals surface area contributed by atoms with Crippen LogP contribution in [0, 0.1) is 0 Å². The summed E-state index contributed by atoms with van der Waals surface area (Å²) in [7, 11) is 0. The predicted molar refractivity (Wildman–Crippen MR) is 68.4 cm³/mol. The van der Waals surface area contributed by atoms with Crippen LogP contribution in [-0.4, -0.2) is 25.8 Å². The van der Waals surface area contributed by atoms with E-state index in [-0.39, 0.29) is 6.42 Å². The van der Waals surface area contributed by atoms with Gasteiger partial charge in [-0.3, -0.25) is 0 Å². The summed E-state index contributed by atoms with van der Waals surface area (Å²) in [6.45, 7) is 3.64. The van der Waals surface area contributed by atoms with Gasteiger partial charge in [0.1, 0.15) is 0 Å². The second-order valence-corrected chi connectivity index (χ2v) is 5.24. The smallest absolute Gasteiger partial charge is 0.369 e. The molecule has 2 aliphatic heterocycles. The van der Waals surface area contributed by atoms with Crippen molar-refractivity contribution in [1.82, 2.24) is 5.32 Å². The maximum absolute atomic E-state index is 12.4. The number of halogens is 3. The lowest BCUT2D eigenvalue weighted by Crippen LogP contribution is -2.27. The Morgan fingerprint density at radius 3 is 2.84 bits per heavy atom. The molecule has 2 heterocycles. The molecule has 5 heteroatoms. The minimum absolute atomic E-state index is 0.105. The van der Waals surface area contributed by atoms with Gasteiger partial charge in [-0.15, -0.1) is 0 Å². The van der Waals surface area contributed by atoms with E-state index in [1.807, 2.05) is 12.1 Å². The molecule has 0 aromatic heterocycles. The lowest BCUT2D eigenvalue weighted by atomic mass is 9.97. The molecule has 1 aromatic rings. The van der Waals surface area contributed by atoms with Crippen LogP contribution in [0.4, 0.5) is 18.9 Å². The Morgan fingerprint density at radius 2 is 2.05 bits per heavy atom. The van der Waals surface area contributed by atoms with Crippen molar-refractivity contribution < 1.29 is 13.2 Å². The van der Waals surface area contributed by atoms with Crippen LogP contribution in [0.2, 0.25) is 0 Å². The predicted octanol–water partition coefficient (Wildman–Crippen LogP) is 2.65. The highest BCUT2D eigenvalue weighted by Gasteiger charge is 2.30. The average molecular weight is 270 g/mol. The molecule has 0 amide bonds. The molecule has 0 saturated carbocycles. The van der Waals surface area contributed by atoms with E-state index in [0.29, 0.717) is 0 Å². The van der Waals surface area contributed by atoms with Crippen molar-refractivity contribution in [3.05, 3.63) is 28.8 Å². The summed E-state index contributed by atoms with van der Waals surface area (Å²) in [6.07, 6.45) is -3.81. The molecular formula is C14H17F3N2. The first kappa shape index (κ1) is 12.8. The van der Waals surface area contributed by atoms with Crippen LogP contribution in [0.5, 0.6) is 0 Å². The molecule has 0 atom stereocenters. The van der Waals surface area contributed by atoms with Gasteiger partial charge in [-0.1, -0.05) is 12.1 Å². The van der Waals surface area contributed by atoms with Crippen LogP contribution in [0.25, 0.3) is 0 Å². The topological polar surface area (TPSA) is 15.3 Å². The normalized spacial score (nSPS) is 18.4. The van der Waals surface area contributed by atoms with Crippen LogP contribution in [-0.2, 0) is 19.4 Å². The molecule has 0 spiro atoms. The van der Waals surface area contributed by atoms with E-state index < -0.39 is 12.6 Å². The quantitative estimate of drug-likeness (QED) is 0.888. The Balaban J connectivity index is 1.90. The fraction of sp³-hybridized carbons (Fsp3) is 0.571. The number of nitrogens with zero attached hydrogens (tertiary/aromatic N) is 1. The van der Waals surface area contributed by atoms with Gasteiger partial charge in [0.2, 0.25) is 0 Å². The zero-order valence-corrected chi connectivity index (χ0v) is 10.7. The molecule has 0 radical (unpaired) electrons. The van der Waals surface area contributed by atoms with Gasteiger partial charge in [-0.25, -0.2) is 0 Å². The SMILES string of the molecule is FC(F)(F)CCc1ccc2c3c1CCN3CCNC2. The van der Waals surface area contributed by atoms with Gasteiger partial charge in [-0.2, -0.15) is 13.2 Å². The summed E-state index contributed by atoms with van der Waals surface area (Å²) in [5.41, 5.74) is 4.44. The van der Waals surface area contributed by atoms with Crippen LogP contribution >= 0.6 is 0 Å². The largest absolute Gasteiger partial charge is 0.389 e. The van der Waals surface area contributed by atoms with Gasteiger partial charge < -0.3 is 10.2 Å². The van der Waals surface area contributed by atoms with Crippen molar-refractivity contribution in [3.63, 3.8) is 0 Å². The first-order valence-electron chi connectivity index (χ1n) is 6.71. The fourth-order valence-electron chi connectivity index (χ4n) is 3.07. The number of hydrogen-bond acceptors (Lipinski definition) is 2. The summed E-state index contributed by atoms with van der Waals surface area (Å²) in [5.74, 6) is 0. The van der Waals surface area contributed by atoms with E-state index in [1.54, 1.807) is 0 Å². The number of aryl methyl sites for hydroxylation is 1. The van der Waals surface area contributed by atoms with Crippen LogP contribution in [0.1, 0.15) is 23.1 Å². The molecule has 0 fully saturated rings. The van der Waals surface area contributed by atoms with Crippen LogP contribution < -0.4 is 10.2 Å². The third-order valence-corrected chi connectivity index (χ3v) is 3.96. The van der Waals surface area contributed by atoms with Crippen molar-refractivity contribution in [2.45, 2.75) is 32.0 Å². The molecule has 0 bridgehead atoms. The summed E-state index contributed by atoms with van der Waals surface area (Å²) in [5, 5.41) is 3.35. The third-order valence-electron chi connectivity index (χ3n) is 3.96. The number of anilines is 1. The van der Waals surface area contributed by atoms with E-state index in [4.69, 9.17) is 0 Å². The fourth-order valence-corrected chi connectivity index (χ4v) is 3.07. The molecule has 1 aromatic carbocycles. The standard InChI is InChI=1S/C14H17F3N2/c15-14(16,17)5-3-10-1-2-11-9-18-6-8-19-7-4-12(10)13(11)19/h1-2,18H,3-9H2. The Morgan fingerprint density at radius 1 is 1.21 bits per heavy atom. The van der Waals surface area contributed by atoms with Gasteiger partial charge >= 0.3 is 6.18 Å². The number of rotatable bonds is 2. The summed E-state index contributed by atoms with van der Waals surface area (Å²) < 4.78 is 37.1. The van der Waals surface area contributed by atoms with Gasteiger partial charge in [0.05, 0.1) is 0 Å². The van der Waals surface area contributed by atoms with Gasteiger partial charge in [-0.05, 0) is 29.5 Å². The molecule has 19 heavy (non-hydrogen) atoms. The molecule has 0 aliphatic carbocycles. The lowest BCUT2D eigenvalue weighted by molar-refractivity contribution is -0.134. The zero-order valence-electron chi connectivity index (χ0n) is 10.7. The average Bonchev–Trinajstić information content (AvgIpc) is 2.65. The molecule has 2 nitrogen and oxygen atoms in total. The summed E-state index contributed by atoms with van der Waals surface area (Å²) in [6, 6.07) is 3.87. The summed E-state index contributed by atoms with van der Waals surface area (Å²) in [4.78, 5) is 2.31. The monoisotopic (exact) mass is 270 g/mol. The van der Waals surface area contributed by atoms with Crippen molar-refractivity contribution in [1.29, 1.82) is 0 Å². The van der Waals surface area contributed by atoms with E-state index in [0.717, 1.165) is 43.7 Å². The molecular weight excluding hydrogens is 253 g/mol. The Bertz CT molecular complexity index is 482. The second-order valence-electron chi connectivity index (χ2n) is 5.24. The highest BCUT2D eigenvalue weighted by atomic mass is 19.4. The maximum atomic E-state index is 12.4. The van der Waals surface area contributed by atoms with E-state index in [1.165, 1.54) is 11.3 Å². The number of alkyl halides is 3. The van der Waals surface area contributed by atoms with Crippen LogP contribution in [0.3, 0.4) is 0 Å². The molecule has 0 unspecified atom stereocenters. The molecule has 104 valence electrons. The molecule has 3 rings (SSSR count). The van der Waals surface area contributed by atoms with Gasteiger partial charge in [0.25, 0.3) is 0 Å². The Labute approximate surface area is 110 Å². The molecule has 0 saturated heterocycles. The molecule has 1 N–H and O–H groups in total. The lowest BCUT2D eigenvalue weighted by Gasteiger charge is -2.19.